The van der Waals surface area contributed by atoms with Crippen LogP contribution in [0, 0.1) is 0 Å². The van der Waals surface area contributed by atoms with E-state index < -0.39 is 141 Å². The second-order valence-corrected chi connectivity index (χ2v) is 14.1. The van der Waals surface area contributed by atoms with Crippen LogP contribution in [0.5, 0.6) is 0 Å². The highest BCUT2D eigenvalue weighted by Gasteiger charge is 2.23. The van der Waals surface area contributed by atoms with Gasteiger partial charge in [-0.25, -0.2) is 56.2 Å². The van der Waals surface area contributed by atoms with Crippen molar-refractivity contribution in [1.29, 1.82) is 0 Å². The van der Waals surface area contributed by atoms with E-state index in [0.29, 0.717) is 27.4 Å². The van der Waals surface area contributed by atoms with Crippen LogP contribution in [0.15, 0.2) is 28.8 Å². The van der Waals surface area contributed by atoms with Gasteiger partial charge in [-0.3, -0.25) is 14.4 Å². The molecule has 21 heteroatoms. The fourth-order valence-electron chi connectivity index (χ4n) is 4.60. The highest BCUT2D eigenvalue weighted by atomic mass is 16.6. The summed E-state index contributed by atoms with van der Waals surface area (Å²) >= 11 is 0. The number of esters is 3. The summed E-state index contributed by atoms with van der Waals surface area (Å²) in [5.74, 6) is -2.62. The number of aliphatic hydroxyl groups excluding tert-OH is 1. The van der Waals surface area contributed by atoms with Crippen LogP contribution in [0.25, 0.3) is 0 Å². The van der Waals surface area contributed by atoms with Gasteiger partial charge in [-0.05, 0) is 48.5 Å². The summed E-state index contributed by atoms with van der Waals surface area (Å²) in [6.07, 6.45) is -1.59. The smallest absolute Gasteiger partial charge is 0.336 e. The molecule has 0 aliphatic carbocycles. The lowest BCUT2D eigenvalue weighted by Crippen LogP contribution is -2.56. The lowest BCUT2D eigenvalue weighted by atomic mass is 10.1. The maximum atomic E-state index is 13.3. The van der Waals surface area contributed by atoms with Gasteiger partial charge in [-0.15, -0.1) is 0 Å². The minimum Gasteiger partial charge on any atom is -0.464 e. The molecule has 2 aromatic rings. The second kappa shape index (κ2) is 17.6. The summed E-state index contributed by atoms with van der Waals surface area (Å²) in [5, 5.41) is 29.3. The van der Waals surface area contributed by atoms with Crippen LogP contribution in [0.3, 0.4) is 0 Å². The largest absolute Gasteiger partial charge is 0.464 e. The van der Waals surface area contributed by atoms with Gasteiger partial charge in [0.25, 0.3) is 0 Å². The Kier molecular flexibility index (Phi) is 14.6. The van der Waals surface area contributed by atoms with Gasteiger partial charge in [0.2, 0.25) is 0 Å². The number of aromatic nitrogens is 6. The maximum Gasteiger partial charge on any atom is 0.336 e. The van der Waals surface area contributed by atoms with E-state index in [1.807, 2.05) is 0 Å². The number of rotatable bonds is 18. The molecule has 2 heterocycles. The molecular weight excluding hydrogens is 696 g/mol. The summed E-state index contributed by atoms with van der Waals surface area (Å²) in [4.78, 5) is 116. The first kappa shape index (κ1) is 43.3. The molecule has 0 fully saturated rings. The average Bonchev–Trinajstić information content (AvgIpc) is 3.00. The fourth-order valence-corrected chi connectivity index (χ4v) is 4.60. The van der Waals surface area contributed by atoms with Gasteiger partial charge in [-0.1, -0.05) is 0 Å². The number of hydrogen-bond acceptors (Lipinski definition) is 15. The SMILES string of the molecule is CC(C)(O)COC(=O)CCn1c(=O)n(CCC(=O)OCCn2c(=O)n(CCO)c(=O)n(CC(C)(C)O)c2=O)c(=O)n(CCC(=O)OC(C)(C)C)c1=O. The van der Waals surface area contributed by atoms with Crippen LogP contribution in [-0.4, -0.2) is 97.3 Å². The quantitative estimate of drug-likeness (QED) is 0.0987. The van der Waals surface area contributed by atoms with Crippen molar-refractivity contribution in [3.8, 4) is 0 Å². The third-order valence-electron chi connectivity index (χ3n) is 6.84. The molecule has 21 nitrogen and oxygen atoms in total. The molecular formula is C31H48N6O15. The maximum absolute atomic E-state index is 13.3. The zero-order valence-electron chi connectivity index (χ0n) is 30.4. The Labute approximate surface area is 295 Å². The van der Waals surface area contributed by atoms with E-state index in [1.54, 1.807) is 20.8 Å². The molecule has 0 saturated carbocycles. The van der Waals surface area contributed by atoms with Crippen molar-refractivity contribution in [3.63, 3.8) is 0 Å². The summed E-state index contributed by atoms with van der Waals surface area (Å²) in [6, 6.07) is 0. The highest BCUT2D eigenvalue weighted by molar-refractivity contribution is 5.70. The van der Waals surface area contributed by atoms with Gasteiger partial charge in [0.05, 0.1) is 56.7 Å². The van der Waals surface area contributed by atoms with Gasteiger partial charge < -0.3 is 29.5 Å². The fraction of sp³-hybridized carbons (Fsp3) is 0.710. The molecule has 0 bridgehead atoms. The minimum atomic E-state index is -1.54. The first-order valence-electron chi connectivity index (χ1n) is 16.3. The van der Waals surface area contributed by atoms with Crippen molar-refractivity contribution >= 4 is 17.9 Å². The summed E-state index contributed by atoms with van der Waals surface area (Å²) in [6.45, 7) is 5.49. The predicted octanol–water partition coefficient (Wildman–Crippen LogP) is -3.51. The van der Waals surface area contributed by atoms with E-state index >= 15 is 0 Å². The molecule has 0 aromatic carbocycles. The summed E-state index contributed by atoms with van der Waals surface area (Å²) in [5.41, 5.74) is -10.5. The van der Waals surface area contributed by atoms with Crippen molar-refractivity contribution in [2.75, 3.05) is 19.8 Å². The average molecular weight is 745 g/mol. The van der Waals surface area contributed by atoms with Crippen LogP contribution in [-0.2, 0) is 67.9 Å². The van der Waals surface area contributed by atoms with Crippen molar-refractivity contribution in [3.05, 3.63) is 62.9 Å². The number of carbonyl (C=O) groups is 3. The molecule has 3 N–H and O–H groups in total. The van der Waals surface area contributed by atoms with E-state index in [9.17, 15) is 58.5 Å². The lowest BCUT2D eigenvalue weighted by Gasteiger charge is -2.20. The molecule has 0 aliphatic heterocycles. The molecule has 0 radical (unpaired) electrons. The van der Waals surface area contributed by atoms with Gasteiger partial charge in [0.15, 0.2) is 0 Å². The molecule has 52 heavy (non-hydrogen) atoms. The molecule has 0 amide bonds. The van der Waals surface area contributed by atoms with Crippen LogP contribution in [0.1, 0.15) is 67.7 Å². The Morgan fingerprint density at radius 2 is 0.885 bits per heavy atom. The molecule has 2 rings (SSSR count). The van der Waals surface area contributed by atoms with Crippen molar-refractivity contribution < 1.29 is 43.9 Å². The Morgan fingerprint density at radius 1 is 0.519 bits per heavy atom. The molecule has 0 saturated heterocycles. The van der Waals surface area contributed by atoms with Gasteiger partial charge in [0, 0.05) is 19.6 Å². The Morgan fingerprint density at radius 3 is 1.27 bits per heavy atom. The first-order valence-corrected chi connectivity index (χ1v) is 16.3. The zero-order valence-corrected chi connectivity index (χ0v) is 30.4. The van der Waals surface area contributed by atoms with Crippen LogP contribution >= 0.6 is 0 Å². The minimum absolute atomic E-state index is 0.374. The first-order chi connectivity index (χ1) is 23.9. The van der Waals surface area contributed by atoms with Crippen LogP contribution in [0.2, 0.25) is 0 Å². The van der Waals surface area contributed by atoms with E-state index in [-0.39, 0.29) is 6.61 Å². The van der Waals surface area contributed by atoms with Crippen LogP contribution < -0.4 is 34.1 Å². The molecule has 0 aliphatic rings. The van der Waals surface area contributed by atoms with Crippen molar-refractivity contribution in [1.82, 2.24) is 27.4 Å². The summed E-state index contributed by atoms with van der Waals surface area (Å²) in [7, 11) is 0. The topological polar surface area (TPSA) is 272 Å². The van der Waals surface area contributed by atoms with E-state index in [0.717, 1.165) is 0 Å². The van der Waals surface area contributed by atoms with Crippen LogP contribution in [0.4, 0.5) is 0 Å². The molecule has 0 spiro atoms. The highest BCUT2D eigenvalue weighted by Crippen LogP contribution is 2.08. The predicted molar refractivity (Wildman–Crippen MR) is 180 cm³/mol. The van der Waals surface area contributed by atoms with E-state index in [1.165, 1.54) is 27.7 Å². The molecule has 2 aromatic heterocycles. The number of carbonyl (C=O) groups excluding carboxylic acids is 3. The standard InChI is InChI=1S/C31H48N6O15/c1-29(2,3)52-22(41)10-13-34-24(43)32(23(42)33(25(34)44)12-9-21(40)51-19-31(6,7)49)11-8-20(39)50-17-15-36-26(45)35(14-16-38)27(46)37(28(36)47)18-30(4,5)48/h38,48-49H,8-19H2,1-7H3. The summed E-state index contributed by atoms with van der Waals surface area (Å²) < 4.78 is 18.7. The monoisotopic (exact) mass is 744 g/mol. The van der Waals surface area contributed by atoms with Gasteiger partial charge >= 0.3 is 52.0 Å². The number of ether oxygens (including phenoxy) is 3. The second-order valence-electron chi connectivity index (χ2n) is 14.1. The van der Waals surface area contributed by atoms with Crippen molar-refractivity contribution in [2.24, 2.45) is 0 Å². The zero-order chi connectivity index (χ0) is 39.8. The number of aliphatic hydroxyl groups is 3. The Balaban J connectivity index is 2.33. The molecule has 0 unspecified atom stereocenters. The number of nitrogens with zero attached hydrogens (tertiary/aromatic N) is 6. The van der Waals surface area contributed by atoms with E-state index in [2.05, 4.69) is 0 Å². The van der Waals surface area contributed by atoms with E-state index in [4.69, 9.17) is 14.2 Å². The third kappa shape index (κ3) is 12.7. The van der Waals surface area contributed by atoms with Crippen molar-refractivity contribution in [2.45, 2.75) is 124 Å². The Hall–Kier alpha value is -4.89. The Bertz CT molecular complexity index is 1970. The third-order valence-corrected chi connectivity index (χ3v) is 6.84. The lowest BCUT2D eigenvalue weighted by molar-refractivity contribution is -0.155. The number of hydrogen-bond donors (Lipinski definition) is 3. The molecule has 292 valence electrons. The normalized spacial score (nSPS) is 12.1. The van der Waals surface area contributed by atoms with Gasteiger partial charge in [-0.2, -0.15) is 0 Å². The molecule has 0 atom stereocenters. The van der Waals surface area contributed by atoms with Gasteiger partial charge in [0.1, 0.15) is 18.8 Å².